The van der Waals surface area contributed by atoms with Crippen LogP contribution in [0.15, 0.2) is 36.5 Å². The van der Waals surface area contributed by atoms with E-state index in [1.165, 1.54) is 12.1 Å². The highest BCUT2D eigenvalue weighted by molar-refractivity contribution is 6.31. The molecule has 0 fully saturated rings. The zero-order chi connectivity index (χ0) is 14.7. The Balaban J connectivity index is 2.22. The lowest BCUT2D eigenvalue weighted by molar-refractivity contribution is -0.385. The molecular formula is C12H8ClN3O4. The Kier molecular flexibility index (Phi) is 3.81. The van der Waals surface area contributed by atoms with Gasteiger partial charge in [0.25, 0.3) is 11.6 Å². The molecule has 2 aromatic rings. The first-order valence-corrected chi connectivity index (χ1v) is 5.75. The zero-order valence-electron chi connectivity index (χ0n) is 9.91. The number of carbonyl (C=O) groups excluding carboxylic acids is 1. The van der Waals surface area contributed by atoms with Gasteiger partial charge in [0.05, 0.1) is 11.0 Å². The summed E-state index contributed by atoms with van der Waals surface area (Å²) in [5, 5.41) is 22.8. The molecule has 1 aromatic carbocycles. The van der Waals surface area contributed by atoms with Gasteiger partial charge in [-0.15, -0.1) is 0 Å². The molecule has 0 bridgehead atoms. The molecule has 2 rings (SSSR count). The van der Waals surface area contributed by atoms with Crippen molar-refractivity contribution in [1.82, 2.24) is 4.98 Å². The smallest absolute Gasteiger partial charge is 0.291 e. The van der Waals surface area contributed by atoms with Crippen LogP contribution >= 0.6 is 11.6 Å². The van der Waals surface area contributed by atoms with Crippen molar-refractivity contribution in [3.63, 3.8) is 0 Å². The van der Waals surface area contributed by atoms with Crippen molar-refractivity contribution in [3.8, 4) is 5.75 Å². The Labute approximate surface area is 118 Å². The van der Waals surface area contributed by atoms with Crippen molar-refractivity contribution in [2.75, 3.05) is 5.32 Å². The summed E-state index contributed by atoms with van der Waals surface area (Å²) in [5.41, 5.74) is -0.0969. The highest BCUT2D eigenvalue weighted by Gasteiger charge is 2.14. The Morgan fingerprint density at radius 3 is 2.75 bits per heavy atom. The van der Waals surface area contributed by atoms with Gasteiger partial charge in [-0.1, -0.05) is 17.7 Å². The van der Waals surface area contributed by atoms with Crippen LogP contribution in [0.25, 0.3) is 0 Å². The maximum atomic E-state index is 11.9. The molecule has 0 spiro atoms. The maximum Gasteiger partial charge on any atom is 0.291 e. The number of anilines is 1. The van der Waals surface area contributed by atoms with Crippen molar-refractivity contribution in [1.29, 1.82) is 0 Å². The second-order valence-corrected chi connectivity index (χ2v) is 4.22. The Hall–Kier alpha value is -2.67. The molecule has 1 aromatic heterocycles. The van der Waals surface area contributed by atoms with E-state index in [0.29, 0.717) is 5.02 Å². The predicted octanol–water partition coefficient (Wildman–Crippen LogP) is 2.60. The number of aromatic hydroxyl groups is 1. The van der Waals surface area contributed by atoms with Gasteiger partial charge < -0.3 is 10.4 Å². The minimum absolute atomic E-state index is 0.166. The minimum Gasteiger partial charge on any atom is -0.504 e. The van der Waals surface area contributed by atoms with E-state index in [1.807, 2.05) is 0 Å². The Bertz CT molecular complexity index is 690. The molecule has 20 heavy (non-hydrogen) atoms. The zero-order valence-corrected chi connectivity index (χ0v) is 10.7. The third-order valence-corrected chi connectivity index (χ3v) is 2.62. The van der Waals surface area contributed by atoms with Gasteiger partial charge in [-0.05, 0) is 18.2 Å². The first-order chi connectivity index (χ1) is 9.47. The highest BCUT2D eigenvalue weighted by atomic mass is 35.5. The van der Waals surface area contributed by atoms with E-state index < -0.39 is 16.6 Å². The van der Waals surface area contributed by atoms with Gasteiger partial charge in [-0.3, -0.25) is 14.9 Å². The predicted molar refractivity (Wildman–Crippen MR) is 72.0 cm³/mol. The number of nitrogens with one attached hydrogen (secondary N) is 1. The third kappa shape index (κ3) is 3.01. The van der Waals surface area contributed by atoms with E-state index in [2.05, 4.69) is 10.3 Å². The summed E-state index contributed by atoms with van der Waals surface area (Å²) < 4.78 is 0. The topological polar surface area (TPSA) is 105 Å². The Morgan fingerprint density at radius 1 is 1.40 bits per heavy atom. The summed E-state index contributed by atoms with van der Waals surface area (Å²) in [6, 6.07) is 7.09. The molecule has 2 N–H and O–H groups in total. The molecular weight excluding hydrogens is 286 g/mol. The van der Waals surface area contributed by atoms with Gasteiger partial charge >= 0.3 is 0 Å². The van der Waals surface area contributed by atoms with E-state index in [9.17, 15) is 20.0 Å². The summed E-state index contributed by atoms with van der Waals surface area (Å²) in [7, 11) is 0. The standard InChI is InChI=1S/C12H8ClN3O4/c13-8-3-1-2-7(4-8)12(18)15-11-10(17)5-9(6-14-11)16(19)20/h1-6,17H,(H,14,15,18). The van der Waals surface area contributed by atoms with Crippen molar-refractivity contribution in [2.45, 2.75) is 0 Å². The molecule has 0 saturated carbocycles. The number of nitrogens with zero attached hydrogens (tertiary/aromatic N) is 2. The lowest BCUT2D eigenvalue weighted by Gasteiger charge is -2.06. The molecule has 0 atom stereocenters. The largest absolute Gasteiger partial charge is 0.504 e. The van der Waals surface area contributed by atoms with Gasteiger partial charge in [-0.2, -0.15) is 0 Å². The molecule has 0 aliphatic carbocycles. The van der Waals surface area contributed by atoms with E-state index in [-0.39, 0.29) is 17.1 Å². The monoisotopic (exact) mass is 293 g/mol. The van der Waals surface area contributed by atoms with Crippen LogP contribution in [-0.2, 0) is 0 Å². The highest BCUT2D eigenvalue weighted by Crippen LogP contribution is 2.25. The second kappa shape index (κ2) is 5.54. The lowest BCUT2D eigenvalue weighted by atomic mass is 10.2. The summed E-state index contributed by atoms with van der Waals surface area (Å²) >= 11 is 5.76. The fraction of sp³-hybridized carbons (Fsp3) is 0. The first kappa shape index (κ1) is 13.8. The molecule has 0 saturated heterocycles. The molecule has 0 aliphatic rings. The molecule has 1 amide bonds. The third-order valence-electron chi connectivity index (χ3n) is 2.38. The number of carbonyl (C=O) groups is 1. The number of aromatic nitrogens is 1. The number of pyridine rings is 1. The van der Waals surface area contributed by atoms with Crippen LogP contribution in [0.1, 0.15) is 10.4 Å². The number of hydrogen-bond donors (Lipinski definition) is 2. The van der Waals surface area contributed by atoms with Gasteiger partial charge in [-0.25, -0.2) is 4.98 Å². The molecule has 0 unspecified atom stereocenters. The Morgan fingerprint density at radius 2 is 2.15 bits per heavy atom. The quantitative estimate of drug-likeness (QED) is 0.668. The molecule has 0 aliphatic heterocycles. The van der Waals surface area contributed by atoms with Crippen LogP contribution < -0.4 is 5.32 Å². The number of benzene rings is 1. The van der Waals surface area contributed by atoms with E-state index in [4.69, 9.17) is 11.6 Å². The average molecular weight is 294 g/mol. The van der Waals surface area contributed by atoms with E-state index >= 15 is 0 Å². The van der Waals surface area contributed by atoms with E-state index in [1.54, 1.807) is 12.1 Å². The normalized spacial score (nSPS) is 10.1. The van der Waals surface area contributed by atoms with Crippen molar-refractivity contribution in [2.24, 2.45) is 0 Å². The van der Waals surface area contributed by atoms with Gasteiger partial charge in [0, 0.05) is 10.6 Å². The molecule has 8 heteroatoms. The fourth-order valence-electron chi connectivity index (χ4n) is 1.45. The van der Waals surface area contributed by atoms with Crippen molar-refractivity contribution in [3.05, 3.63) is 57.2 Å². The molecule has 0 radical (unpaired) electrons. The van der Waals surface area contributed by atoms with Gasteiger partial charge in [0.1, 0.15) is 6.20 Å². The maximum absolute atomic E-state index is 11.9. The second-order valence-electron chi connectivity index (χ2n) is 3.78. The first-order valence-electron chi connectivity index (χ1n) is 5.37. The van der Waals surface area contributed by atoms with E-state index in [0.717, 1.165) is 12.3 Å². The van der Waals surface area contributed by atoms with Crippen molar-refractivity contribution >= 4 is 29.0 Å². The summed E-state index contributed by atoms with van der Waals surface area (Å²) in [6.07, 6.45) is 0.938. The number of halogens is 1. The summed E-state index contributed by atoms with van der Waals surface area (Å²) in [5.74, 6) is -1.20. The summed E-state index contributed by atoms with van der Waals surface area (Å²) in [6.45, 7) is 0. The average Bonchev–Trinajstić information content (AvgIpc) is 2.40. The van der Waals surface area contributed by atoms with Crippen LogP contribution in [0.4, 0.5) is 11.5 Å². The van der Waals surface area contributed by atoms with Gasteiger partial charge in [0.2, 0.25) is 0 Å². The fourth-order valence-corrected chi connectivity index (χ4v) is 1.64. The van der Waals surface area contributed by atoms with Crippen LogP contribution in [0, 0.1) is 10.1 Å². The molecule has 7 nitrogen and oxygen atoms in total. The lowest BCUT2D eigenvalue weighted by Crippen LogP contribution is -2.13. The van der Waals surface area contributed by atoms with Gasteiger partial charge in [0.15, 0.2) is 11.6 Å². The number of amides is 1. The van der Waals surface area contributed by atoms with Crippen molar-refractivity contribution < 1.29 is 14.8 Å². The number of nitro groups is 1. The SMILES string of the molecule is O=C(Nc1ncc([N+](=O)[O-])cc1O)c1cccc(Cl)c1. The van der Waals surface area contributed by atoms with Crippen LogP contribution in [0.2, 0.25) is 5.02 Å². The summed E-state index contributed by atoms with van der Waals surface area (Å²) in [4.78, 5) is 25.3. The minimum atomic E-state index is -0.699. The molecule has 1 heterocycles. The van der Waals surface area contributed by atoms with Crippen LogP contribution in [-0.4, -0.2) is 20.9 Å². The number of hydrogen-bond acceptors (Lipinski definition) is 5. The van der Waals surface area contributed by atoms with Crippen LogP contribution in [0.5, 0.6) is 5.75 Å². The number of rotatable bonds is 3. The molecule has 102 valence electrons. The van der Waals surface area contributed by atoms with Crippen LogP contribution in [0.3, 0.4) is 0 Å².